The third-order valence-corrected chi connectivity index (χ3v) is 6.08. The second kappa shape index (κ2) is 8.86. The summed E-state index contributed by atoms with van der Waals surface area (Å²) >= 11 is 0. The fraction of sp³-hybridized carbons (Fsp3) is 0.579. The first-order valence-corrected chi connectivity index (χ1v) is 11.5. The number of carbonyl (C=O) groups is 2. The van der Waals surface area contributed by atoms with Crippen molar-refractivity contribution in [3.05, 3.63) is 29.6 Å². The van der Waals surface area contributed by atoms with Gasteiger partial charge in [0.05, 0.1) is 13.4 Å². The van der Waals surface area contributed by atoms with Crippen LogP contribution in [0, 0.1) is 5.82 Å². The van der Waals surface area contributed by atoms with Gasteiger partial charge in [-0.3, -0.25) is 14.5 Å². The molecule has 11 heteroatoms. The molecule has 0 saturated carbocycles. The minimum Gasteiger partial charge on any atom is -0.497 e. The zero-order chi connectivity index (χ0) is 22.1. The highest BCUT2D eigenvalue weighted by atomic mass is 32.2. The van der Waals surface area contributed by atoms with Crippen LogP contribution in [-0.2, 0) is 26.2 Å². The SMILES string of the molecule is COc1ccc(CN2C[C@@H]3C[C@H](NS(C)(=O)=O)CN3C(=O)[C@@H](NC(C)=O)C2)c(F)c1. The lowest BCUT2D eigenvalue weighted by molar-refractivity contribution is -0.135. The Hall–Kier alpha value is -2.24. The number of rotatable bonds is 6. The minimum atomic E-state index is -3.42. The van der Waals surface area contributed by atoms with Gasteiger partial charge in [-0.1, -0.05) is 6.07 Å². The summed E-state index contributed by atoms with van der Waals surface area (Å²) in [5, 5.41) is 2.67. The summed E-state index contributed by atoms with van der Waals surface area (Å²) in [5.74, 6) is -0.603. The standard InChI is InChI=1S/C19H27FN4O5S/c1-12(25)21-18-11-23(8-13-4-5-16(29-2)7-17(13)20)10-15-6-14(22-30(3,27)28)9-24(15)19(18)26/h4-5,7,14-15,18,22H,6,8-11H2,1-3H3,(H,21,25)/t14-,15-,18-/m0/s1. The lowest BCUT2D eigenvalue weighted by Gasteiger charge is -2.25. The fourth-order valence-corrected chi connectivity index (χ4v) is 4.94. The predicted octanol–water partition coefficient (Wildman–Crippen LogP) is -0.327. The van der Waals surface area contributed by atoms with Crippen LogP contribution < -0.4 is 14.8 Å². The molecule has 2 fully saturated rings. The number of fused-ring (bicyclic) bond motifs is 1. The van der Waals surface area contributed by atoms with Crippen LogP contribution in [0.25, 0.3) is 0 Å². The Kier molecular flexibility index (Phi) is 6.63. The van der Waals surface area contributed by atoms with Gasteiger partial charge in [0.2, 0.25) is 21.8 Å². The smallest absolute Gasteiger partial charge is 0.246 e. The van der Waals surface area contributed by atoms with Crippen molar-refractivity contribution >= 4 is 21.8 Å². The second-order valence-electron chi connectivity index (χ2n) is 7.87. The molecule has 1 aromatic carbocycles. The molecule has 3 rings (SSSR count). The highest BCUT2D eigenvalue weighted by Gasteiger charge is 2.43. The molecule has 2 aliphatic heterocycles. The molecule has 0 unspecified atom stereocenters. The topological polar surface area (TPSA) is 108 Å². The average Bonchev–Trinajstić information content (AvgIpc) is 2.97. The van der Waals surface area contributed by atoms with Crippen LogP contribution in [-0.4, -0.2) is 81.2 Å². The van der Waals surface area contributed by atoms with Crippen LogP contribution in [0.3, 0.4) is 0 Å². The van der Waals surface area contributed by atoms with Crippen molar-refractivity contribution in [3.63, 3.8) is 0 Å². The van der Waals surface area contributed by atoms with E-state index >= 15 is 0 Å². The van der Waals surface area contributed by atoms with Gasteiger partial charge in [0.25, 0.3) is 0 Å². The van der Waals surface area contributed by atoms with Gasteiger partial charge in [0, 0.05) is 56.8 Å². The van der Waals surface area contributed by atoms with Crippen molar-refractivity contribution in [1.29, 1.82) is 0 Å². The zero-order valence-corrected chi connectivity index (χ0v) is 18.0. The summed E-state index contributed by atoms with van der Waals surface area (Å²) in [7, 11) is -1.96. The van der Waals surface area contributed by atoms with Crippen molar-refractivity contribution < 1.29 is 27.1 Å². The molecule has 0 radical (unpaired) electrons. The van der Waals surface area contributed by atoms with E-state index in [2.05, 4.69) is 10.0 Å². The summed E-state index contributed by atoms with van der Waals surface area (Å²) in [6.07, 6.45) is 1.53. The Labute approximate surface area is 175 Å². The summed E-state index contributed by atoms with van der Waals surface area (Å²) < 4.78 is 45.3. The van der Waals surface area contributed by atoms with E-state index in [0.717, 1.165) is 6.26 Å². The second-order valence-corrected chi connectivity index (χ2v) is 9.65. The molecule has 2 heterocycles. The molecular weight excluding hydrogens is 415 g/mol. The van der Waals surface area contributed by atoms with Crippen molar-refractivity contribution in [1.82, 2.24) is 19.8 Å². The first-order chi connectivity index (χ1) is 14.1. The first kappa shape index (κ1) is 22.4. The molecule has 0 aliphatic carbocycles. The van der Waals surface area contributed by atoms with E-state index in [1.54, 1.807) is 17.0 Å². The largest absolute Gasteiger partial charge is 0.497 e. The maximum absolute atomic E-state index is 14.5. The van der Waals surface area contributed by atoms with E-state index < -0.39 is 27.9 Å². The van der Waals surface area contributed by atoms with Crippen molar-refractivity contribution in [2.45, 2.75) is 38.0 Å². The highest BCUT2D eigenvalue weighted by Crippen LogP contribution is 2.25. The third-order valence-electron chi connectivity index (χ3n) is 5.32. The predicted molar refractivity (Wildman–Crippen MR) is 108 cm³/mol. The number of benzene rings is 1. The number of ether oxygens (including phenoxy) is 1. The molecule has 0 aromatic heterocycles. The van der Waals surface area contributed by atoms with Crippen LogP contribution in [0.2, 0.25) is 0 Å². The van der Waals surface area contributed by atoms with E-state index in [0.29, 0.717) is 24.3 Å². The third kappa shape index (κ3) is 5.46. The molecule has 9 nitrogen and oxygen atoms in total. The molecule has 2 saturated heterocycles. The van der Waals surface area contributed by atoms with Crippen LogP contribution >= 0.6 is 0 Å². The summed E-state index contributed by atoms with van der Waals surface area (Å²) in [5.41, 5.74) is 0.446. The molecule has 30 heavy (non-hydrogen) atoms. The fourth-order valence-electron chi connectivity index (χ4n) is 4.16. The van der Waals surface area contributed by atoms with Crippen molar-refractivity contribution in [3.8, 4) is 5.75 Å². The number of halogens is 1. The minimum absolute atomic E-state index is 0.234. The van der Waals surface area contributed by atoms with E-state index in [9.17, 15) is 22.4 Å². The number of amides is 2. The lowest BCUT2D eigenvalue weighted by Crippen LogP contribution is -2.51. The molecule has 166 valence electrons. The van der Waals surface area contributed by atoms with E-state index in [1.807, 2.05) is 4.90 Å². The van der Waals surface area contributed by atoms with Crippen LogP contribution in [0.4, 0.5) is 4.39 Å². The number of sulfonamides is 1. The van der Waals surface area contributed by atoms with Gasteiger partial charge in [-0.2, -0.15) is 0 Å². The van der Waals surface area contributed by atoms with Gasteiger partial charge in [-0.05, 0) is 12.5 Å². The summed E-state index contributed by atoms with van der Waals surface area (Å²) in [6.45, 7) is 2.49. The number of carbonyl (C=O) groups excluding carboxylic acids is 2. The average molecular weight is 443 g/mol. The van der Waals surface area contributed by atoms with Gasteiger partial charge in [-0.15, -0.1) is 0 Å². The van der Waals surface area contributed by atoms with E-state index in [1.165, 1.54) is 20.1 Å². The Morgan fingerprint density at radius 3 is 2.63 bits per heavy atom. The number of hydrogen-bond donors (Lipinski definition) is 2. The molecule has 2 amide bonds. The van der Waals surface area contributed by atoms with Gasteiger partial charge in [0.15, 0.2) is 0 Å². The van der Waals surface area contributed by atoms with Crippen molar-refractivity contribution in [2.24, 2.45) is 0 Å². The number of nitrogens with one attached hydrogen (secondary N) is 2. The number of nitrogens with zero attached hydrogens (tertiary/aromatic N) is 2. The number of hydrogen-bond acceptors (Lipinski definition) is 6. The maximum Gasteiger partial charge on any atom is 0.246 e. The van der Waals surface area contributed by atoms with Gasteiger partial charge >= 0.3 is 0 Å². The highest BCUT2D eigenvalue weighted by molar-refractivity contribution is 7.88. The Balaban J connectivity index is 1.82. The lowest BCUT2D eigenvalue weighted by atomic mass is 10.1. The van der Waals surface area contributed by atoms with Crippen LogP contribution in [0.1, 0.15) is 18.9 Å². The molecule has 0 spiro atoms. The molecular formula is C19H27FN4O5S. The van der Waals surface area contributed by atoms with Gasteiger partial charge < -0.3 is 15.0 Å². The maximum atomic E-state index is 14.5. The quantitative estimate of drug-likeness (QED) is 0.625. The van der Waals surface area contributed by atoms with Crippen LogP contribution in [0.5, 0.6) is 5.75 Å². The Bertz CT molecular complexity index is 925. The monoisotopic (exact) mass is 442 g/mol. The van der Waals surface area contributed by atoms with E-state index in [4.69, 9.17) is 4.74 Å². The Morgan fingerprint density at radius 1 is 1.30 bits per heavy atom. The van der Waals surface area contributed by atoms with Gasteiger partial charge in [0.1, 0.15) is 17.6 Å². The van der Waals surface area contributed by atoms with Gasteiger partial charge in [-0.25, -0.2) is 17.5 Å². The first-order valence-electron chi connectivity index (χ1n) is 9.65. The Morgan fingerprint density at radius 2 is 2.03 bits per heavy atom. The summed E-state index contributed by atoms with van der Waals surface area (Å²) in [6, 6.07) is 3.18. The van der Waals surface area contributed by atoms with E-state index in [-0.39, 0.29) is 37.5 Å². The van der Waals surface area contributed by atoms with Crippen LogP contribution in [0.15, 0.2) is 18.2 Å². The molecule has 3 atom stereocenters. The molecule has 2 aliphatic rings. The molecule has 0 bridgehead atoms. The van der Waals surface area contributed by atoms with Crippen molar-refractivity contribution in [2.75, 3.05) is 33.0 Å². The summed E-state index contributed by atoms with van der Waals surface area (Å²) in [4.78, 5) is 28.2. The molecule has 1 aromatic rings. The molecule has 2 N–H and O–H groups in total. The number of methoxy groups -OCH3 is 1. The zero-order valence-electron chi connectivity index (χ0n) is 17.2. The normalized spacial score (nSPS) is 25.0.